The van der Waals surface area contributed by atoms with Gasteiger partial charge in [-0.1, -0.05) is 13.3 Å². The summed E-state index contributed by atoms with van der Waals surface area (Å²) in [4.78, 5) is 22.7. The molecule has 1 unspecified atom stereocenters. The monoisotopic (exact) mass is 277 g/mol. The molecule has 5 nitrogen and oxygen atoms in total. The lowest BCUT2D eigenvalue weighted by molar-refractivity contribution is -0.149. The van der Waals surface area contributed by atoms with Crippen LogP contribution >= 0.6 is 11.8 Å². The Morgan fingerprint density at radius 3 is 2.56 bits per heavy atom. The van der Waals surface area contributed by atoms with Crippen molar-refractivity contribution in [1.29, 1.82) is 0 Å². The molecule has 0 aromatic rings. The van der Waals surface area contributed by atoms with Crippen LogP contribution in [0.15, 0.2) is 0 Å². The average molecular weight is 277 g/mol. The molecule has 0 radical (unpaired) electrons. The summed E-state index contributed by atoms with van der Waals surface area (Å²) in [5, 5.41) is 11.6. The van der Waals surface area contributed by atoms with Crippen LogP contribution in [0.25, 0.3) is 0 Å². The van der Waals surface area contributed by atoms with Crippen LogP contribution in [-0.2, 0) is 14.3 Å². The zero-order chi connectivity index (χ0) is 14.0. The van der Waals surface area contributed by atoms with Crippen molar-refractivity contribution in [2.75, 3.05) is 25.2 Å². The number of rotatable bonds is 10. The number of carbonyl (C=O) groups is 2. The zero-order valence-corrected chi connectivity index (χ0v) is 12.1. The molecule has 0 fully saturated rings. The van der Waals surface area contributed by atoms with Crippen LogP contribution in [0.1, 0.15) is 33.1 Å². The van der Waals surface area contributed by atoms with Crippen LogP contribution in [0, 0.1) is 0 Å². The molecule has 0 rings (SSSR count). The largest absolute Gasteiger partial charge is 0.479 e. The Bertz CT molecular complexity index is 273. The predicted molar refractivity (Wildman–Crippen MR) is 72.9 cm³/mol. The van der Waals surface area contributed by atoms with Crippen molar-refractivity contribution in [3.05, 3.63) is 0 Å². The van der Waals surface area contributed by atoms with Crippen molar-refractivity contribution in [3.63, 3.8) is 0 Å². The minimum Gasteiger partial charge on any atom is -0.479 e. The third-order valence-corrected chi connectivity index (χ3v) is 3.51. The summed E-state index contributed by atoms with van der Waals surface area (Å²) in [6.45, 7) is 3.52. The van der Waals surface area contributed by atoms with Gasteiger partial charge < -0.3 is 15.2 Å². The summed E-state index contributed by atoms with van der Waals surface area (Å²) in [6, 6.07) is 0. The third kappa shape index (κ3) is 6.86. The van der Waals surface area contributed by atoms with Gasteiger partial charge in [-0.2, -0.15) is 11.8 Å². The van der Waals surface area contributed by atoms with E-state index in [-0.39, 0.29) is 12.5 Å². The number of methoxy groups -OCH3 is 1. The number of carboxylic acids is 1. The number of carbonyl (C=O) groups excluding carboxylic acids is 1. The average Bonchev–Trinajstić information content (AvgIpc) is 2.28. The molecule has 0 heterocycles. The minimum absolute atomic E-state index is 0.0446. The van der Waals surface area contributed by atoms with E-state index in [4.69, 9.17) is 9.84 Å². The van der Waals surface area contributed by atoms with Gasteiger partial charge in [-0.05, 0) is 19.1 Å². The third-order valence-electron chi connectivity index (χ3n) is 2.44. The quantitative estimate of drug-likeness (QED) is 0.592. The van der Waals surface area contributed by atoms with Crippen LogP contribution in [0.5, 0.6) is 0 Å². The Morgan fingerprint density at radius 2 is 2.06 bits per heavy atom. The summed E-state index contributed by atoms with van der Waals surface area (Å²) in [6.07, 6.45) is 2.62. The maximum atomic E-state index is 11.6. The van der Waals surface area contributed by atoms with Gasteiger partial charge in [0.2, 0.25) is 5.91 Å². The van der Waals surface area contributed by atoms with E-state index in [0.29, 0.717) is 12.2 Å². The van der Waals surface area contributed by atoms with Gasteiger partial charge >= 0.3 is 5.97 Å². The Morgan fingerprint density at radius 1 is 1.39 bits per heavy atom. The van der Waals surface area contributed by atoms with Crippen molar-refractivity contribution in [2.45, 2.75) is 38.6 Å². The highest BCUT2D eigenvalue weighted by Crippen LogP contribution is 2.08. The Labute approximate surface area is 113 Å². The molecule has 6 heteroatoms. The molecule has 2 N–H and O–H groups in total. The maximum absolute atomic E-state index is 11.6. The molecule has 0 aliphatic carbocycles. The fraction of sp³-hybridized carbons (Fsp3) is 0.833. The summed E-state index contributed by atoms with van der Waals surface area (Å²) >= 11 is 1.71. The van der Waals surface area contributed by atoms with E-state index in [2.05, 4.69) is 12.2 Å². The highest BCUT2D eigenvalue weighted by Gasteiger charge is 2.34. The fourth-order valence-electron chi connectivity index (χ4n) is 1.32. The lowest BCUT2D eigenvalue weighted by atomic mass is 10.0. The van der Waals surface area contributed by atoms with Crippen LogP contribution in [0.4, 0.5) is 0 Å². The Hall–Kier alpha value is -0.750. The lowest BCUT2D eigenvalue weighted by Gasteiger charge is -2.25. The second-order valence-corrected chi connectivity index (χ2v) is 5.56. The maximum Gasteiger partial charge on any atom is 0.331 e. The summed E-state index contributed by atoms with van der Waals surface area (Å²) in [7, 11) is 1.41. The first-order valence-corrected chi connectivity index (χ1v) is 7.23. The van der Waals surface area contributed by atoms with Gasteiger partial charge in [0.25, 0.3) is 0 Å². The number of amides is 1. The van der Waals surface area contributed by atoms with Gasteiger partial charge in [0.15, 0.2) is 5.54 Å². The van der Waals surface area contributed by atoms with Gasteiger partial charge in [0.05, 0.1) is 6.61 Å². The van der Waals surface area contributed by atoms with E-state index >= 15 is 0 Å². The summed E-state index contributed by atoms with van der Waals surface area (Å²) in [5.41, 5.74) is -1.35. The Kier molecular flexibility index (Phi) is 8.83. The van der Waals surface area contributed by atoms with Crippen molar-refractivity contribution < 1.29 is 19.4 Å². The Balaban J connectivity index is 4.00. The first-order chi connectivity index (χ1) is 8.46. The number of aliphatic carboxylic acids is 1. The number of thioether (sulfide) groups is 1. The molecule has 0 aliphatic heterocycles. The van der Waals surface area contributed by atoms with Gasteiger partial charge in [-0.15, -0.1) is 0 Å². The van der Waals surface area contributed by atoms with Gasteiger partial charge in [0, 0.05) is 19.3 Å². The number of hydrogen-bond donors (Lipinski definition) is 2. The van der Waals surface area contributed by atoms with Crippen LogP contribution in [-0.4, -0.2) is 47.7 Å². The van der Waals surface area contributed by atoms with E-state index in [1.54, 1.807) is 11.8 Å². The normalized spacial score (nSPS) is 13.9. The number of nitrogens with one attached hydrogen (secondary N) is 1. The highest BCUT2D eigenvalue weighted by atomic mass is 32.2. The van der Waals surface area contributed by atoms with Crippen LogP contribution < -0.4 is 5.32 Å². The van der Waals surface area contributed by atoms with Crippen LogP contribution in [0.2, 0.25) is 0 Å². The first kappa shape index (κ1) is 17.2. The molecule has 0 saturated carbocycles. The number of unbranched alkanes of at least 4 members (excludes halogenated alkanes) is 1. The van der Waals surface area contributed by atoms with E-state index in [1.807, 2.05) is 0 Å². The van der Waals surface area contributed by atoms with Gasteiger partial charge in [0.1, 0.15) is 0 Å². The SMILES string of the molecule is CCCCSCCC(=O)NC(C)(COC)C(=O)O. The van der Waals surface area contributed by atoms with Crippen molar-refractivity contribution >= 4 is 23.6 Å². The second kappa shape index (κ2) is 9.22. The molecular weight excluding hydrogens is 254 g/mol. The standard InChI is InChI=1S/C12H23NO4S/c1-4-5-7-18-8-6-10(14)13-12(2,9-17-3)11(15)16/h4-9H2,1-3H3,(H,13,14)(H,15,16). The minimum atomic E-state index is -1.35. The van der Waals surface area contributed by atoms with E-state index < -0.39 is 11.5 Å². The smallest absolute Gasteiger partial charge is 0.331 e. The van der Waals surface area contributed by atoms with Crippen LogP contribution in [0.3, 0.4) is 0 Å². The molecule has 1 amide bonds. The molecule has 18 heavy (non-hydrogen) atoms. The van der Waals surface area contributed by atoms with Gasteiger partial charge in [-0.25, -0.2) is 4.79 Å². The van der Waals surface area contributed by atoms with E-state index in [0.717, 1.165) is 18.6 Å². The molecule has 0 aromatic heterocycles. The van der Waals surface area contributed by atoms with E-state index in [1.165, 1.54) is 14.0 Å². The fourth-order valence-corrected chi connectivity index (χ4v) is 2.35. The molecule has 1 atom stereocenters. The van der Waals surface area contributed by atoms with E-state index in [9.17, 15) is 9.59 Å². The first-order valence-electron chi connectivity index (χ1n) is 6.07. The predicted octanol–water partition coefficient (Wildman–Crippen LogP) is 1.52. The van der Waals surface area contributed by atoms with Crippen molar-refractivity contribution in [3.8, 4) is 0 Å². The van der Waals surface area contributed by atoms with Gasteiger partial charge in [-0.3, -0.25) is 4.79 Å². The lowest BCUT2D eigenvalue weighted by Crippen LogP contribution is -2.55. The molecule has 0 aromatic carbocycles. The summed E-state index contributed by atoms with van der Waals surface area (Å²) < 4.78 is 4.83. The second-order valence-electron chi connectivity index (χ2n) is 4.33. The molecule has 0 spiro atoms. The number of hydrogen-bond acceptors (Lipinski definition) is 4. The molecular formula is C12H23NO4S. The molecule has 106 valence electrons. The van der Waals surface area contributed by atoms with Crippen molar-refractivity contribution in [2.24, 2.45) is 0 Å². The molecule has 0 aliphatic rings. The molecule has 0 saturated heterocycles. The topological polar surface area (TPSA) is 75.6 Å². The highest BCUT2D eigenvalue weighted by molar-refractivity contribution is 7.99. The zero-order valence-electron chi connectivity index (χ0n) is 11.3. The summed E-state index contributed by atoms with van der Waals surface area (Å²) in [5.74, 6) is 0.421. The number of carboxylic acid groups (broad SMARTS) is 1. The van der Waals surface area contributed by atoms with Crippen molar-refractivity contribution in [1.82, 2.24) is 5.32 Å². The number of ether oxygens (including phenoxy) is 1. The molecule has 0 bridgehead atoms.